The van der Waals surface area contributed by atoms with E-state index < -0.39 is 9.84 Å². The van der Waals surface area contributed by atoms with Crippen LogP contribution in [-0.2, 0) is 15.6 Å². The Kier molecular flexibility index (Phi) is 4.13. The number of anilines is 1. The fourth-order valence-corrected chi connectivity index (χ4v) is 3.56. The highest BCUT2D eigenvalue weighted by atomic mass is 32.2. The van der Waals surface area contributed by atoms with Crippen molar-refractivity contribution >= 4 is 15.5 Å². The Bertz CT molecular complexity index is 773. The summed E-state index contributed by atoms with van der Waals surface area (Å²) in [6, 6.07) is 3.10. The van der Waals surface area contributed by atoms with Crippen LogP contribution < -0.4 is 10.5 Å². The number of pyridine rings is 2. The fourth-order valence-electron chi connectivity index (χ4n) is 2.13. The minimum absolute atomic E-state index is 0.120. The molecule has 0 fully saturated rings. The van der Waals surface area contributed by atoms with E-state index in [1.165, 1.54) is 12.3 Å². The van der Waals surface area contributed by atoms with Crippen molar-refractivity contribution in [2.45, 2.75) is 24.6 Å². The van der Waals surface area contributed by atoms with Crippen molar-refractivity contribution in [3.63, 3.8) is 0 Å². The lowest BCUT2D eigenvalue weighted by molar-refractivity contribution is 0.407. The Hall–Kier alpha value is -2.15. The van der Waals surface area contributed by atoms with E-state index in [0.29, 0.717) is 17.0 Å². The molecule has 0 aliphatic heterocycles. The van der Waals surface area contributed by atoms with E-state index in [4.69, 9.17) is 10.5 Å². The van der Waals surface area contributed by atoms with E-state index >= 15 is 0 Å². The van der Waals surface area contributed by atoms with Crippen LogP contribution in [0.2, 0.25) is 0 Å². The van der Waals surface area contributed by atoms with Crippen LogP contribution in [0.1, 0.15) is 16.8 Å². The van der Waals surface area contributed by atoms with Crippen molar-refractivity contribution in [3.8, 4) is 5.75 Å². The Labute approximate surface area is 123 Å². The first-order valence-corrected chi connectivity index (χ1v) is 7.94. The van der Waals surface area contributed by atoms with Crippen LogP contribution in [0.5, 0.6) is 5.75 Å². The Morgan fingerprint density at radius 3 is 2.62 bits per heavy atom. The van der Waals surface area contributed by atoms with Crippen LogP contribution in [0.3, 0.4) is 0 Å². The summed E-state index contributed by atoms with van der Waals surface area (Å²) < 4.78 is 30.2. The average Bonchev–Trinajstić information content (AvgIpc) is 2.43. The number of nitrogen functional groups attached to an aromatic ring is 1. The number of hydrogen-bond donors (Lipinski definition) is 1. The predicted octanol–water partition coefficient (Wildman–Crippen LogP) is 1.66. The van der Waals surface area contributed by atoms with Gasteiger partial charge >= 0.3 is 0 Å². The molecule has 112 valence electrons. The van der Waals surface area contributed by atoms with Gasteiger partial charge in [0.25, 0.3) is 0 Å². The third-order valence-electron chi connectivity index (χ3n) is 3.17. The molecule has 0 aromatic carbocycles. The number of sulfone groups is 1. The summed E-state index contributed by atoms with van der Waals surface area (Å²) in [4.78, 5) is 8.06. The molecule has 2 rings (SSSR count). The van der Waals surface area contributed by atoms with Crippen molar-refractivity contribution in [2.24, 2.45) is 0 Å². The van der Waals surface area contributed by atoms with E-state index in [0.717, 1.165) is 5.56 Å². The number of rotatable bonds is 4. The average molecular weight is 307 g/mol. The van der Waals surface area contributed by atoms with Gasteiger partial charge in [-0.1, -0.05) is 0 Å². The minimum Gasteiger partial charge on any atom is -0.496 e. The van der Waals surface area contributed by atoms with Crippen LogP contribution in [0.15, 0.2) is 29.6 Å². The normalized spacial score (nSPS) is 11.4. The Morgan fingerprint density at radius 1 is 1.29 bits per heavy atom. The van der Waals surface area contributed by atoms with Gasteiger partial charge in [-0.15, -0.1) is 0 Å². The van der Waals surface area contributed by atoms with Gasteiger partial charge < -0.3 is 10.5 Å². The van der Waals surface area contributed by atoms with Crippen molar-refractivity contribution in [1.29, 1.82) is 0 Å². The predicted molar refractivity (Wildman–Crippen MR) is 79.8 cm³/mol. The number of hydrogen-bond acceptors (Lipinski definition) is 6. The van der Waals surface area contributed by atoms with Crippen LogP contribution in [0, 0.1) is 13.8 Å². The molecule has 7 heteroatoms. The molecule has 0 bridgehead atoms. The first-order valence-electron chi connectivity index (χ1n) is 6.29. The SMILES string of the molecule is COc1c(C)cnc(CS(=O)(=O)c2ncccc2N)c1C. The lowest BCUT2D eigenvalue weighted by Gasteiger charge is -2.12. The topological polar surface area (TPSA) is 95.2 Å². The molecule has 0 saturated carbocycles. The van der Waals surface area contributed by atoms with Gasteiger partial charge in [-0.2, -0.15) is 0 Å². The van der Waals surface area contributed by atoms with E-state index in [-0.39, 0.29) is 16.5 Å². The molecule has 2 N–H and O–H groups in total. The van der Waals surface area contributed by atoms with Gasteiger partial charge in [0.15, 0.2) is 5.03 Å². The van der Waals surface area contributed by atoms with Gasteiger partial charge in [0.1, 0.15) is 5.75 Å². The second-order valence-corrected chi connectivity index (χ2v) is 6.61. The van der Waals surface area contributed by atoms with Crippen molar-refractivity contribution in [3.05, 3.63) is 41.3 Å². The molecule has 0 radical (unpaired) electrons. The zero-order chi connectivity index (χ0) is 15.6. The quantitative estimate of drug-likeness (QED) is 0.923. The second-order valence-electron chi connectivity index (χ2n) is 4.70. The number of aryl methyl sites for hydroxylation is 1. The zero-order valence-corrected chi connectivity index (χ0v) is 12.9. The number of methoxy groups -OCH3 is 1. The molecule has 2 heterocycles. The molecule has 0 spiro atoms. The summed E-state index contributed by atoms with van der Waals surface area (Å²) in [7, 11) is -2.11. The van der Waals surface area contributed by atoms with Gasteiger partial charge in [-0.25, -0.2) is 13.4 Å². The maximum atomic E-state index is 12.4. The summed E-state index contributed by atoms with van der Waals surface area (Å²) in [5.74, 6) is 0.376. The highest BCUT2D eigenvalue weighted by Gasteiger charge is 2.22. The first-order chi connectivity index (χ1) is 9.86. The largest absolute Gasteiger partial charge is 0.496 e. The molecule has 2 aromatic rings. The van der Waals surface area contributed by atoms with Gasteiger partial charge in [0.2, 0.25) is 9.84 Å². The molecule has 2 aromatic heterocycles. The van der Waals surface area contributed by atoms with Gasteiger partial charge in [0.05, 0.1) is 24.2 Å². The van der Waals surface area contributed by atoms with Crippen molar-refractivity contribution < 1.29 is 13.2 Å². The molecule has 0 atom stereocenters. The first kappa shape index (κ1) is 15.2. The molecule has 0 aliphatic carbocycles. The smallest absolute Gasteiger partial charge is 0.203 e. The van der Waals surface area contributed by atoms with E-state index in [2.05, 4.69) is 9.97 Å². The van der Waals surface area contributed by atoms with Gasteiger partial charge in [-0.05, 0) is 26.0 Å². The molecular weight excluding hydrogens is 290 g/mol. The number of nitrogens with two attached hydrogens (primary N) is 1. The van der Waals surface area contributed by atoms with Gasteiger partial charge in [-0.3, -0.25) is 4.98 Å². The molecule has 21 heavy (non-hydrogen) atoms. The van der Waals surface area contributed by atoms with Crippen LogP contribution in [0.25, 0.3) is 0 Å². The number of ether oxygens (including phenoxy) is 1. The van der Waals surface area contributed by atoms with Crippen LogP contribution in [-0.4, -0.2) is 25.5 Å². The summed E-state index contributed by atoms with van der Waals surface area (Å²) in [6.07, 6.45) is 3.00. The maximum Gasteiger partial charge on any atom is 0.203 e. The zero-order valence-electron chi connectivity index (χ0n) is 12.1. The number of aromatic nitrogens is 2. The molecule has 0 saturated heterocycles. The van der Waals surface area contributed by atoms with Crippen LogP contribution in [0.4, 0.5) is 5.69 Å². The van der Waals surface area contributed by atoms with E-state index in [1.807, 2.05) is 6.92 Å². The molecule has 0 amide bonds. The monoisotopic (exact) mass is 307 g/mol. The van der Waals surface area contributed by atoms with Gasteiger partial charge in [0, 0.05) is 23.5 Å². The third-order valence-corrected chi connectivity index (χ3v) is 4.76. The number of nitrogens with zero attached hydrogens (tertiary/aromatic N) is 2. The fraction of sp³-hybridized carbons (Fsp3) is 0.286. The standard InChI is InChI=1S/C14H17N3O3S/c1-9-7-17-12(10(2)13(9)20-3)8-21(18,19)14-11(15)5-4-6-16-14/h4-7H,8,15H2,1-3H3. The summed E-state index contributed by atoms with van der Waals surface area (Å²) in [5.41, 5.74) is 7.82. The molecule has 6 nitrogen and oxygen atoms in total. The summed E-state index contributed by atoms with van der Waals surface area (Å²) >= 11 is 0. The highest BCUT2D eigenvalue weighted by molar-refractivity contribution is 7.90. The lowest BCUT2D eigenvalue weighted by Crippen LogP contribution is -2.12. The van der Waals surface area contributed by atoms with E-state index in [1.54, 1.807) is 26.3 Å². The maximum absolute atomic E-state index is 12.4. The second kappa shape index (κ2) is 5.69. The summed E-state index contributed by atoms with van der Waals surface area (Å²) in [5, 5.41) is -0.120. The Balaban J connectivity index is 2.45. The third kappa shape index (κ3) is 2.97. The van der Waals surface area contributed by atoms with Crippen molar-refractivity contribution in [2.75, 3.05) is 12.8 Å². The van der Waals surface area contributed by atoms with Crippen LogP contribution >= 0.6 is 0 Å². The highest BCUT2D eigenvalue weighted by Crippen LogP contribution is 2.27. The lowest BCUT2D eigenvalue weighted by atomic mass is 10.1. The molecule has 0 unspecified atom stereocenters. The summed E-state index contributed by atoms with van der Waals surface area (Å²) in [6.45, 7) is 3.64. The van der Waals surface area contributed by atoms with E-state index in [9.17, 15) is 8.42 Å². The Morgan fingerprint density at radius 2 is 2.00 bits per heavy atom. The molecular formula is C14H17N3O3S. The minimum atomic E-state index is -3.66. The molecule has 0 aliphatic rings. The van der Waals surface area contributed by atoms with Crippen molar-refractivity contribution in [1.82, 2.24) is 9.97 Å².